The molecule has 0 aliphatic carbocycles. The number of carbonyl (C=O) groups is 9. The number of aromatic nitrogens is 2. The van der Waals surface area contributed by atoms with E-state index in [0.29, 0.717) is 70.3 Å². The first-order valence-corrected chi connectivity index (χ1v) is 26.3. The Hall–Kier alpha value is -6.92. The van der Waals surface area contributed by atoms with Gasteiger partial charge in [-0.3, -0.25) is 48.1 Å². The van der Waals surface area contributed by atoms with Gasteiger partial charge in [-0.05, 0) is 116 Å². The van der Waals surface area contributed by atoms with E-state index < -0.39 is 96.0 Å². The fraction of sp³-hybridized carbons (Fsp3) is 0.667. The summed E-state index contributed by atoms with van der Waals surface area (Å²) >= 11 is 0. The molecule has 432 valence electrons. The molecule has 0 aromatic carbocycles. The summed E-state index contributed by atoms with van der Waals surface area (Å²) in [6.45, 7) is 2.49. The second kappa shape index (κ2) is 37.8. The third kappa shape index (κ3) is 25.7. The van der Waals surface area contributed by atoms with Crippen molar-refractivity contribution in [1.82, 2.24) is 52.1 Å². The van der Waals surface area contributed by atoms with Crippen LogP contribution in [0.25, 0.3) is 0 Å². The molecule has 29 nitrogen and oxygen atoms in total. The van der Waals surface area contributed by atoms with Gasteiger partial charge in [-0.15, -0.1) is 0 Å². The minimum Gasteiger partial charge on any atom is -0.391 e. The molecule has 77 heavy (non-hydrogen) atoms. The predicted molar refractivity (Wildman–Crippen MR) is 287 cm³/mol. The van der Waals surface area contributed by atoms with Crippen LogP contribution in [0.5, 0.6) is 0 Å². The highest BCUT2D eigenvalue weighted by Gasteiger charge is 2.38. The lowest BCUT2D eigenvalue weighted by Crippen LogP contribution is -2.57. The van der Waals surface area contributed by atoms with Crippen LogP contribution in [0.15, 0.2) is 34.3 Å². The molecule has 29 heteroatoms. The van der Waals surface area contributed by atoms with E-state index in [0.717, 1.165) is 0 Å². The number of aromatic amines is 1. The number of nitrogens with zero attached hydrogens (tertiary/aromatic N) is 4. The molecule has 0 unspecified atom stereocenters. The maximum atomic E-state index is 14.4. The summed E-state index contributed by atoms with van der Waals surface area (Å²) in [4.78, 5) is 139. The number of nitrogens with two attached hydrogens (primary N) is 7. The molecule has 1 aromatic rings. The Balaban J connectivity index is 2.40. The zero-order valence-corrected chi connectivity index (χ0v) is 44.3. The molecule has 6 atom stereocenters. The van der Waals surface area contributed by atoms with Crippen molar-refractivity contribution < 1.29 is 48.3 Å². The monoisotopic (exact) mass is 1090 g/mol. The van der Waals surface area contributed by atoms with Gasteiger partial charge in [-0.2, -0.15) is 0 Å². The summed E-state index contributed by atoms with van der Waals surface area (Å²) in [5, 5.41) is 28.2. The number of aliphatic imine (C=N–C) groups is 2. The zero-order valence-electron chi connectivity index (χ0n) is 44.3. The van der Waals surface area contributed by atoms with Gasteiger partial charge in [0.1, 0.15) is 41.6 Å². The first-order chi connectivity index (χ1) is 36.9. The van der Waals surface area contributed by atoms with Crippen LogP contribution in [-0.2, 0) is 49.6 Å². The molecule has 1 saturated heterocycles. The van der Waals surface area contributed by atoms with E-state index in [-0.39, 0.29) is 108 Å². The second-order valence-corrected chi connectivity index (χ2v) is 18.3. The molecule has 0 spiro atoms. The number of nitrogens with one attached hydrogen (secondary N) is 8. The molecule has 0 bridgehead atoms. The van der Waals surface area contributed by atoms with Gasteiger partial charge in [0.05, 0.1) is 25.4 Å². The average Bonchev–Trinajstić information content (AvgIpc) is 4.13. The number of rotatable bonds is 38. The summed E-state index contributed by atoms with van der Waals surface area (Å²) in [5.74, 6) is -6.74. The van der Waals surface area contributed by atoms with Crippen molar-refractivity contribution in [2.24, 2.45) is 50.1 Å². The second-order valence-electron chi connectivity index (χ2n) is 18.3. The van der Waals surface area contributed by atoms with Crippen molar-refractivity contribution >= 4 is 64.8 Å². The number of hydrogen-bond acceptors (Lipinski definition) is 17. The largest absolute Gasteiger partial charge is 0.391 e. The van der Waals surface area contributed by atoms with Crippen molar-refractivity contribution in [3.8, 4) is 0 Å². The minimum absolute atomic E-state index is 0.0407. The van der Waals surface area contributed by atoms with Crippen LogP contribution in [0.1, 0.15) is 109 Å². The Bertz CT molecular complexity index is 2140. The number of H-pyrrole nitrogens is 1. The van der Waals surface area contributed by atoms with Crippen LogP contribution in [-0.4, -0.2) is 180 Å². The highest BCUT2D eigenvalue weighted by atomic mass is 16.3. The van der Waals surface area contributed by atoms with Crippen LogP contribution >= 0.6 is 0 Å². The fourth-order valence-corrected chi connectivity index (χ4v) is 7.86. The average molecular weight is 1090 g/mol. The lowest BCUT2D eigenvalue weighted by Gasteiger charge is -2.28. The Morgan fingerprint density at radius 3 is 2.05 bits per heavy atom. The molecule has 1 aliphatic rings. The highest BCUT2D eigenvalue weighted by Crippen LogP contribution is 2.20. The molecule has 2 heterocycles. The third-order valence-electron chi connectivity index (χ3n) is 12.1. The molecule has 1 aromatic heterocycles. The summed E-state index contributed by atoms with van der Waals surface area (Å²) in [5.41, 5.74) is 39.2. The zero-order chi connectivity index (χ0) is 57.1. The number of aliphatic hydroxyl groups excluding tert-OH is 1. The number of likely N-dealkylation sites (tertiary alicyclic amines) is 1. The molecule has 1 fully saturated rings. The quantitative estimate of drug-likeness (QED) is 0.0127. The van der Waals surface area contributed by atoms with Gasteiger partial charge in [0, 0.05) is 44.5 Å². The van der Waals surface area contributed by atoms with Crippen molar-refractivity contribution in [1.29, 1.82) is 0 Å². The summed E-state index contributed by atoms with van der Waals surface area (Å²) in [7, 11) is 0. The van der Waals surface area contributed by atoms with Gasteiger partial charge in [0.25, 0.3) is 17.7 Å². The smallest absolute Gasteiger partial charge is 0.269 e. The third-order valence-corrected chi connectivity index (χ3v) is 12.1. The summed E-state index contributed by atoms with van der Waals surface area (Å²) in [6.07, 6.45) is 7.09. The van der Waals surface area contributed by atoms with Gasteiger partial charge in [-0.25, -0.2) is 9.98 Å². The number of hydrogen-bond donors (Lipinski definition) is 16. The van der Waals surface area contributed by atoms with E-state index in [1.165, 1.54) is 23.5 Å². The molecule has 0 saturated carbocycles. The lowest BCUT2D eigenvalue weighted by molar-refractivity contribution is -0.136. The maximum absolute atomic E-state index is 14.4. The van der Waals surface area contributed by atoms with Crippen LogP contribution in [0.4, 0.5) is 0 Å². The normalized spacial score (nSPS) is 15.5. The minimum atomic E-state index is -1.36. The lowest BCUT2D eigenvalue weighted by atomic mass is 10.1. The first-order valence-electron chi connectivity index (χ1n) is 26.3. The van der Waals surface area contributed by atoms with E-state index in [9.17, 15) is 48.3 Å². The van der Waals surface area contributed by atoms with Gasteiger partial charge in [0.15, 0.2) is 5.96 Å². The molecule has 9 amide bonds. The van der Waals surface area contributed by atoms with Gasteiger partial charge in [-0.1, -0.05) is 13.0 Å². The molecule has 23 N–H and O–H groups in total. The SMILES string of the molecule is CC[C@H](NC(=O)C[C@@H](O)CN)C(=O)NCC(=O)N=C(CCCN)C(=O)N1CCC[C@H]1C(=O)N[C@@H](Cc1cnc[nH]1)C(=O)N[C@@H](CCCCN)C(=O)N/C(=C\CCN=C(N)N)C(=O)N[C@@H](CCCCN)C(=O)NCCCCN. The van der Waals surface area contributed by atoms with Gasteiger partial charge >= 0.3 is 0 Å². The highest BCUT2D eigenvalue weighted by molar-refractivity contribution is 6.40. The maximum Gasteiger partial charge on any atom is 0.269 e. The molecular formula is C48H85N19O10. The summed E-state index contributed by atoms with van der Waals surface area (Å²) < 4.78 is 0. The number of guanidine groups is 1. The topological polar surface area (TPSA) is 497 Å². The number of amides is 9. The van der Waals surface area contributed by atoms with Gasteiger partial charge in [0.2, 0.25) is 35.4 Å². The van der Waals surface area contributed by atoms with E-state index in [1.54, 1.807) is 6.92 Å². The molecule has 2 rings (SSSR count). The number of carbonyl (C=O) groups excluding carboxylic acids is 9. The Labute approximate surface area is 449 Å². The van der Waals surface area contributed by atoms with Crippen molar-refractivity contribution in [2.45, 2.75) is 146 Å². The molecule has 0 radical (unpaired) electrons. The number of unbranched alkanes of at least 4 members (excludes halogenated alkanes) is 3. The Kier molecular flexibility index (Phi) is 32.5. The van der Waals surface area contributed by atoms with Crippen LogP contribution in [0.3, 0.4) is 0 Å². The van der Waals surface area contributed by atoms with Crippen molar-refractivity contribution in [3.05, 3.63) is 30.0 Å². The first kappa shape index (κ1) is 66.2. The van der Waals surface area contributed by atoms with E-state index in [2.05, 4.69) is 57.2 Å². The molecule has 1 aliphatic heterocycles. The predicted octanol–water partition coefficient (Wildman–Crippen LogP) is -5.40. The van der Waals surface area contributed by atoms with Crippen molar-refractivity contribution in [2.75, 3.05) is 58.9 Å². The Morgan fingerprint density at radius 2 is 1.44 bits per heavy atom. The summed E-state index contributed by atoms with van der Waals surface area (Å²) in [6, 6.07) is -5.84. The fourth-order valence-electron chi connectivity index (χ4n) is 7.86. The van der Waals surface area contributed by atoms with Crippen LogP contribution < -0.4 is 77.4 Å². The van der Waals surface area contributed by atoms with Crippen molar-refractivity contribution in [3.63, 3.8) is 0 Å². The Morgan fingerprint density at radius 1 is 0.792 bits per heavy atom. The number of aliphatic hydroxyl groups is 1. The number of imidazole rings is 1. The molecular weight excluding hydrogens is 1000 g/mol. The van der Waals surface area contributed by atoms with E-state index in [4.69, 9.17) is 40.1 Å². The van der Waals surface area contributed by atoms with Gasteiger partial charge < -0.3 is 92.3 Å². The van der Waals surface area contributed by atoms with Crippen LogP contribution in [0, 0.1) is 0 Å². The standard InChI is InChI=1S/C48H85N19O10/c1-2-32(61-39(69)25-31(68)26-53)41(71)59-28-40(70)62-36(14-9-20-52)47(77)67-23-11-16-38(67)46(76)66-37(24-30-27-56-29-60-30)45(75)65-34(13-4-6-18-50)43(73)64-35(15-10-22-58-48(54)55)44(74)63-33(12-3-5-17-49)42(72)57-21-8-7-19-51/h15,27,29,31-34,37-38,68H,2-14,16-26,28,49-53H2,1H3,(H,56,60)(H,57,72)(H,59,71)(H,61,69)(H,63,74)(H,64,73)(H,65,75)(H,66,76)(H4,54,55,58)/b35-15-,62-36?/t31-,32+,33+,34+,37+,38+/m1/s1. The van der Waals surface area contributed by atoms with E-state index in [1.807, 2.05) is 0 Å². The van der Waals surface area contributed by atoms with E-state index >= 15 is 0 Å². The van der Waals surface area contributed by atoms with Crippen LogP contribution in [0.2, 0.25) is 0 Å².